The summed E-state index contributed by atoms with van der Waals surface area (Å²) in [5.74, 6) is 0.106. The van der Waals surface area contributed by atoms with E-state index in [1.54, 1.807) is 12.1 Å². The van der Waals surface area contributed by atoms with Gasteiger partial charge in [-0.05, 0) is 23.8 Å². The van der Waals surface area contributed by atoms with Crippen LogP contribution in [0.25, 0.3) is 22.0 Å². The minimum Gasteiger partial charge on any atom is -0.508 e. The van der Waals surface area contributed by atoms with Gasteiger partial charge in [0.05, 0.1) is 5.52 Å². The number of aromatic hydroxyl groups is 1. The molecule has 3 heteroatoms. The van der Waals surface area contributed by atoms with E-state index in [1.165, 1.54) is 6.07 Å². The molecule has 1 N–H and O–H groups in total. The Morgan fingerprint density at radius 2 is 1.79 bits per heavy atom. The lowest BCUT2D eigenvalue weighted by atomic mass is 10.0. The van der Waals surface area contributed by atoms with Crippen molar-refractivity contribution >= 4 is 10.9 Å². The number of phenolic OH excluding ortho intramolecular Hbond substituents is 1. The lowest BCUT2D eigenvalue weighted by Crippen LogP contribution is -2.10. The number of benzene rings is 2. The first-order valence-electron chi connectivity index (χ1n) is 6.04. The second-order valence-corrected chi connectivity index (χ2v) is 4.55. The lowest BCUT2D eigenvalue weighted by Gasteiger charge is -2.09. The summed E-state index contributed by atoms with van der Waals surface area (Å²) < 4.78 is 1.90. The molecule has 0 aliphatic heterocycles. The smallest absolute Gasteiger partial charge is 0.197 e. The van der Waals surface area contributed by atoms with Crippen LogP contribution in [0.1, 0.15) is 0 Å². The Morgan fingerprint density at radius 3 is 2.53 bits per heavy atom. The maximum absolute atomic E-state index is 12.5. The van der Waals surface area contributed by atoms with Crippen molar-refractivity contribution in [2.75, 3.05) is 0 Å². The van der Waals surface area contributed by atoms with Crippen LogP contribution >= 0.6 is 0 Å². The second kappa shape index (κ2) is 4.28. The number of fused-ring (bicyclic) bond motifs is 1. The molecule has 0 aliphatic carbocycles. The number of hydrogen-bond donors (Lipinski definition) is 1. The summed E-state index contributed by atoms with van der Waals surface area (Å²) in [6, 6.07) is 14.4. The number of aromatic nitrogens is 1. The van der Waals surface area contributed by atoms with Crippen molar-refractivity contribution in [2.45, 2.75) is 0 Å². The monoisotopic (exact) mass is 251 g/mol. The average molecular weight is 251 g/mol. The molecule has 1 heterocycles. The minimum absolute atomic E-state index is 0.0600. The van der Waals surface area contributed by atoms with Gasteiger partial charge >= 0.3 is 0 Å². The average Bonchev–Trinajstić information content (AvgIpc) is 2.43. The molecule has 0 aliphatic rings. The van der Waals surface area contributed by atoms with E-state index in [0.29, 0.717) is 10.9 Å². The fourth-order valence-electron chi connectivity index (χ4n) is 2.30. The van der Waals surface area contributed by atoms with Gasteiger partial charge in [0, 0.05) is 24.2 Å². The predicted octanol–water partition coefficient (Wildman–Crippen LogP) is 2.91. The molecule has 3 aromatic rings. The van der Waals surface area contributed by atoms with Crippen molar-refractivity contribution < 1.29 is 5.11 Å². The van der Waals surface area contributed by atoms with Gasteiger partial charge in [0.1, 0.15) is 5.75 Å². The van der Waals surface area contributed by atoms with Crippen LogP contribution in [0.4, 0.5) is 0 Å². The highest BCUT2D eigenvalue weighted by Gasteiger charge is 2.09. The fraction of sp³-hybridized carbons (Fsp3) is 0.0625. The molecule has 0 saturated carbocycles. The molecule has 0 spiro atoms. The quantitative estimate of drug-likeness (QED) is 0.722. The van der Waals surface area contributed by atoms with E-state index in [0.717, 1.165) is 11.1 Å². The number of pyridine rings is 1. The van der Waals surface area contributed by atoms with Gasteiger partial charge in [-0.3, -0.25) is 4.79 Å². The Bertz CT molecular complexity index is 804. The molecule has 1 aromatic heterocycles. The largest absolute Gasteiger partial charge is 0.508 e. The zero-order valence-corrected chi connectivity index (χ0v) is 10.5. The van der Waals surface area contributed by atoms with E-state index < -0.39 is 0 Å². The topological polar surface area (TPSA) is 42.2 Å². The van der Waals surface area contributed by atoms with E-state index in [9.17, 15) is 9.90 Å². The summed E-state index contributed by atoms with van der Waals surface area (Å²) in [6.45, 7) is 0. The standard InChI is InChI=1S/C16H13NO2/c1-17-10-14(11-5-3-2-4-6-11)16(19)13-9-12(18)7-8-15(13)17/h2-10,18H,1H3. The molecule has 0 fully saturated rings. The van der Waals surface area contributed by atoms with Crippen LogP contribution in [0.2, 0.25) is 0 Å². The maximum Gasteiger partial charge on any atom is 0.197 e. The maximum atomic E-state index is 12.5. The molecule has 0 unspecified atom stereocenters. The van der Waals surface area contributed by atoms with Crippen LogP contribution in [0.5, 0.6) is 5.75 Å². The first-order chi connectivity index (χ1) is 9.16. The van der Waals surface area contributed by atoms with E-state index in [1.807, 2.05) is 48.1 Å². The number of nitrogens with zero attached hydrogens (tertiary/aromatic N) is 1. The fourth-order valence-corrected chi connectivity index (χ4v) is 2.30. The highest BCUT2D eigenvalue weighted by Crippen LogP contribution is 2.21. The number of rotatable bonds is 1. The molecule has 0 amide bonds. The van der Waals surface area contributed by atoms with Crippen molar-refractivity contribution in [2.24, 2.45) is 7.05 Å². The third-order valence-corrected chi connectivity index (χ3v) is 3.26. The predicted molar refractivity (Wildman–Crippen MR) is 76.3 cm³/mol. The third kappa shape index (κ3) is 1.89. The molecule has 0 saturated heterocycles. The molecule has 19 heavy (non-hydrogen) atoms. The van der Waals surface area contributed by atoms with E-state index >= 15 is 0 Å². The number of hydrogen-bond acceptors (Lipinski definition) is 2. The Morgan fingerprint density at radius 1 is 1.05 bits per heavy atom. The Labute approximate surface area is 110 Å². The third-order valence-electron chi connectivity index (χ3n) is 3.26. The van der Waals surface area contributed by atoms with E-state index in [2.05, 4.69) is 0 Å². The van der Waals surface area contributed by atoms with Crippen LogP contribution in [0.15, 0.2) is 59.5 Å². The van der Waals surface area contributed by atoms with Crippen molar-refractivity contribution in [3.8, 4) is 16.9 Å². The van der Waals surface area contributed by atoms with Gasteiger partial charge in [0.15, 0.2) is 5.43 Å². The Balaban J connectivity index is 2.40. The van der Waals surface area contributed by atoms with Crippen LogP contribution in [0.3, 0.4) is 0 Å². The summed E-state index contributed by atoms with van der Waals surface area (Å²) in [7, 11) is 1.89. The van der Waals surface area contributed by atoms with Gasteiger partial charge in [0.25, 0.3) is 0 Å². The molecule has 3 rings (SSSR count). The summed E-state index contributed by atoms with van der Waals surface area (Å²) >= 11 is 0. The van der Waals surface area contributed by atoms with Crippen LogP contribution in [0, 0.1) is 0 Å². The van der Waals surface area contributed by atoms with Crippen LogP contribution in [-0.2, 0) is 7.05 Å². The minimum atomic E-state index is -0.0600. The lowest BCUT2D eigenvalue weighted by molar-refractivity contribution is 0.476. The van der Waals surface area contributed by atoms with Gasteiger partial charge in [-0.1, -0.05) is 30.3 Å². The number of phenols is 1. The van der Waals surface area contributed by atoms with Crippen LogP contribution in [-0.4, -0.2) is 9.67 Å². The van der Waals surface area contributed by atoms with Gasteiger partial charge in [-0.2, -0.15) is 0 Å². The van der Waals surface area contributed by atoms with Crippen molar-refractivity contribution in [3.63, 3.8) is 0 Å². The first-order valence-corrected chi connectivity index (χ1v) is 6.04. The SMILES string of the molecule is Cn1cc(-c2ccccc2)c(=O)c2cc(O)ccc21. The molecule has 0 radical (unpaired) electrons. The Hall–Kier alpha value is -2.55. The van der Waals surface area contributed by atoms with Gasteiger partial charge in [-0.15, -0.1) is 0 Å². The highest BCUT2D eigenvalue weighted by atomic mass is 16.3. The van der Waals surface area contributed by atoms with Crippen molar-refractivity contribution in [1.29, 1.82) is 0 Å². The molecule has 0 bridgehead atoms. The normalized spacial score (nSPS) is 10.8. The first kappa shape index (κ1) is 11.5. The summed E-state index contributed by atoms with van der Waals surface area (Å²) in [5.41, 5.74) is 2.27. The Kier molecular flexibility index (Phi) is 2.60. The second-order valence-electron chi connectivity index (χ2n) is 4.55. The van der Waals surface area contributed by atoms with Crippen LogP contribution < -0.4 is 5.43 Å². The summed E-state index contributed by atoms with van der Waals surface area (Å²) in [4.78, 5) is 12.5. The highest BCUT2D eigenvalue weighted by molar-refractivity contribution is 5.85. The zero-order valence-electron chi connectivity index (χ0n) is 10.5. The van der Waals surface area contributed by atoms with E-state index in [4.69, 9.17) is 0 Å². The van der Waals surface area contributed by atoms with Crippen molar-refractivity contribution in [3.05, 3.63) is 65.0 Å². The van der Waals surface area contributed by atoms with Gasteiger partial charge < -0.3 is 9.67 Å². The van der Waals surface area contributed by atoms with Gasteiger partial charge in [0.2, 0.25) is 0 Å². The molecular weight excluding hydrogens is 238 g/mol. The molecule has 94 valence electrons. The number of aryl methyl sites for hydroxylation is 1. The molecule has 0 atom stereocenters. The summed E-state index contributed by atoms with van der Waals surface area (Å²) in [6.07, 6.45) is 1.83. The zero-order chi connectivity index (χ0) is 13.4. The molecule has 3 nitrogen and oxygen atoms in total. The van der Waals surface area contributed by atoms with E-state index in [-0.39, 0.29) is 11.2 Å². The molecular formula is C16H13NO2. The van der Waals surface area contributed by atoms with Gasteiger partial charge in [-0.25, -0.2) is 0 Å². The summed E-state index contributed by atoms with van der Waals surface area (Å²) in [5, 5.41) is 10.1. The van der Waals surface area contributed by atoms with Crippen molar-refractivity contribution in [1.82, 2.24) is 4.57 Å². The molecule has 2 aromatic carbocycles.